The molecule has 0 aromatic carbocycles. The SMILES string of the molecule is CCC(C)C(CC)(CC)CC(=O)O. The summed E-state index contributed by atoms with van der Waals surface area (Å²) in [4.78, 5) is 10.8. The molecule has 0 aliphatic carbocycles. The minimum absolute atomic E-state index is 0.0145. The van der Waals surface area contributed by atoms with Crippen molar-refractivity contribution in [3.8, 4) is 0 Å². The van der Waals surface area contributed by atoms with Crippen molar-refractivity contribution in [3.63, 3.8) is 0 Å². The molecule has 1 atom stereocenters. The normalized spacial score (nSPS) is 14.2. The van der Waals surface area contributed by atoms with Gasteiger partial charge in [0.2, 0.25) is 0 Å². The predicted molar refractivity (Wildman–Crippen MR) is 54.7 cm³/mol. The molecule has 0 fully saturated rings. The lowest BCUT2D eigenvalue weighted by atomic mass is 9.69. The fourth-order valence-corrected chi connectivity index (χ4v) is 2.11. The predicted octanol–water partition coefficient (Wildman–Crippen LogP) is 3.31. The van der Waals surface area contributed by atoms with Gasteiger partial charge in [0.25, 0.3) is 0 Å². The first kappa shape index (κ1) is 12.5. The van der Waals surface area contributed by atoms with Crippen LogP contribution in [-0.2, 0) is 4.79 Å². The maximum Gasteiger partial charge on any atom is 0.303 e. The summed E-state index contributed by atoms with van der Waals surface area (Å²) in [5.41, 5.74) is 0.0145. The molecule has 0 bridgehead atoms. The van der Waals surface area contributed by atoms with Gasteiger partial charge in [-0.2, -0.15) is 0 Å². The number of rotatable bonds is 6. The van der Waals surface area contributed by atoms with E-state index in [1.54, 1.807) is 0 Å². The quantitative estimate of drug-likeness (QED) is 0.691. The smallest absolute Gasteiger partial charge is 0.303 e. The van der Waals surface area contributed by atoms with Crippen LogP contribution < -0.4 is 0 Å². The molecule has 0 rings (SSSR count). The molecular weight excluding hydrogens is 164 g/mol. The Morgan fingerprint density at radius 2 is 1.77 bits per heavy atom. The van der Waals surface area contributed by atoms with E-state index in [0.29, 0.717) is 12.3 Å². The Labute approximate surface area is 81.3 Å². The van der Waals surface area contributed by atoms with Crippen molar-refractivity contribution in [1.29, 1.82) is 0 Å². The topological polar surface area (TPSA) is 37.3 Å². The highest BCUT2D eigenvalue weighted by molar-refractivity contribution is 5.67. The summed E-state index contributed by atoms with van der Waals surface area (Å²) in [6.45, 7) is 8.49. The summed E-state index contributed by atoms with van der Waals surface area (Å²) in [5, 5.41) is 8.86. The van der Waals surface area contributed by atoms with E-state index in [1.807, 2.05) is 0 Å². The summed E-state index contributed by atoms with van der Waals surface area (Å²) in [6, 6.07) is 0. The standard InChI is InChI=1S/C11H22O2/c1-5-9(4)11(6-2,7-3)8-10(12)13/h9H,5-8H2,1-4H3,(H,12,13). The van der Waals surface area contributed by atoms with Crippen molar-refractivity contribution >= 4 is 5.97 Å². The monoisotopic (exact) mass is 186 g/mol. The van der Waals surface area contributed by atoms with Crippen molar-refractivity contribution in [1.82, 2.24) is 0 Å². The molecule has 0 spiro atoms. The zero-order chi connectivity index (χ0) is 10.5. The van der Waals surface area contributed by atoms with Crippen LogP contribution in [0, 0.1) is 11.3 Å². The zero-order valence-electron chi connectivity index (χ0n) is 9.26. The number of carboxylic acid groups (broad SMARTS) is 1. The fraction of sp³-hybridized carbons (Fsp3) is 0.909. The Bertz CT molecular complexity index is 159. The maximum absolute atomic E-state index is 10.8. The van der Waals surface area contributed by atoms with E-state index < -0.39 is 5.97 Å². The highest BCUT2D eigenvalue weighted by Crippen LogP contribution is 2.40. The minimum Gasteiger partial charge on any atom is -0.481 e. The molecule has 0 aromatic heterocycles. The summed E-state index contributed by atoms with van der Waals surface area (Å²) in [5.74, 6) is -0.164. The lowest BCUT2D eigenvalue weighted by Crippen LogP contribution is -2.30. The van der Waals surface area contributed by atoms with E-state index >= 15 is 0 Å². The summed E-state index contributed by atoms with van der Waals surface area (Å²) in [7, 11) is 0. The summed E-state index contributed by atoms with van der Waals surface area (Å²) < 4.78 is 0. The van der Waals surface area contributed by atoms with Crippen molar-refractivity contribution in [2.45, 2.75) is 53.4 Å². The first-order chi connectivity index (χ1) is 6.02. The Morgan fingerprint density at radius 1 is 1.31 bits per heavy atom. The highest BCUT2D eigenvalue weighted by atomic mass is 16.4. The largest absolute Gasteiger partial charge is 0.481 e. The summed E-state index contributed by atoms with van der Waals surface area (Å²) in [6.07, 6.45) is 3.31. The molecule has 0 aromatic rings. The molecular formula is C11H22O2. The Morgan fingerprint density at radius 3 is 2.00 bits per heavy atom. The summed E-state index contributed by atoms with van der Waals surface area (Å²) >= 11 is 0. The van der Waals surface area contributed by atoms with Crippen LogP contribution in [-0.4, -0.2) is 11.1 Å². The van der Waals surface area contributed by atoms with Crippen LogP contribution in [0.1, 0.15) is 53.4 Å². The molecule has 78 valence electrons. The van der Waals surface area contributed by atoms with Crippen LogP contribution in [0.4, 0.5) is 0 Å². The van der Waals surface area contributed by atoms with E-state index in [2.05, 4.69) is 27.7 Å². The third-order valence-corrected chi connectivity index (χ3v) is 3.57. The molecule has 0 saturated carbocycles. The molecule has 13 heavy (non-hydrogen) atoms. The van der Waals surface area contributed by atoms with Gasteiger partial charge in [-0.1, -0.05) is 34.1 Å². The second-order valence-corrected chi connectivity index (χ2v) is 3.95. The molecule has 1 N–H and O–H groups in total. The van der Waals surface area contributed by atoms with Gasteiger partial charge in [-0.05, 0) is 24.2 Å². The second kappa shape index (κ2) is 5.25. The Kier molecular flexibility index (Phi) is 5.04. The average molecular weight is 186 g/mol. The van der Waals surface area contributed by atoms with E-state index in [0.717, 1.165) is 19.3 Å². The minimum atomic E-state index is -0.663. The third kappa shape index (κ3) is 3.02. The first-order valence-electron chi connectivity index (χ1n) is 5.24. The van der Waals surface area contributed by atoms with Gasteiger partial charge in [0.05, 0.1) is 6.42 Å². The maximum atomic E-state index is 10.8. The van der Waals surface area contributed by atoms with Crippen LogP contribution in [0.3, 0.4) is 0 Å². The Hall–Kier alpha value is -0.530. The Balaban J connectivity index is 4.57. The van der Waals surface area contributed by atoms with Crippen LogP contribution >= 0.6 is 0 Å². The van der Waals surface area contributed by atoms with Crippen LogP contribution in [0.15, 0.2) is 0 Å². The molecule has 0 amide bonds. The molecule has 2 heteroatoms. The van der Waals surface area contributed by atoms with Crippen molar-refractivity contribution in [2.24, 2.45) is 11.3 Å². The van der Waals surface area contributed by atoms with Gasteiger partial charge in [0.15, 0.2) is 0 Å². The van der Waals surface area contributed by atoms with E-state index in [9.17, 15) is 4.79 Å². The molecule has 2 nitrogen and oxygen atoms in total. The van der Waals surface area contributed by atoms with Crippen molar-refractivity contribution < 1.29 is 9.90 Å². The zero-order valence-corrected chi connectivity index (χ0v) is 9.26. The first-order valence-corrected chi connectivity index (χ1v) is 5.24. The number of hydrogen-bond acceptors (Lipinski definition) is 1. The van der Waals surface area contributed by atoms with Gasteiger partial charge >= 0.3 is 5.97 Å². The highest BCUT2D eigenvalue weighted by Gasteiger charge is 2.33. The molecule has 0 saturated heterocycles. The van der Waals surface area contributed by atoms with Crippen molar-refractivity contribution in [3.05, 3.63) is 0 Å². The molecule has 0 aliphatic rings. The molecule has 0 heterocycles. The van der Waals surface area contributed by atoms with Gasteiger partial charge < -0.3 is 5.11 Å². The lowest BCUT2D eigenvalue weighted by Gasteiger charge is -2.36. The molecule has 0 radical (unpaired) electrons. The van der Waals surface area contributed by atoms with E-state index in [1.165, 1.54) is 0 Å². The fourth-order valence-electron chi connectivity index (χ4n) is 2.11. The number of hydrogen-bond donors (Lipinski definition) is 1. The van der Waals surface area contributed by atoms with E-state index in [-0.39, 0.29) is 5.41 Å². The number of carbonyl (C=O) groups is 1. The lowest BCUT2D eigenvalue weighted by molar-refractivity contribution is -0.141. The van der Waals surface area contributed by atoms with Gasteiger partial charge in [-0.3, -0.25) is 4.79 Å². The van der Waals surface area contributed by atoms with Gasteiger partial charge in [-0.25, -0.2) is 0 Å². The second-order valence-electron chi connectivity index (χ2n) is 3.95. The number of carboxylic acids is 1. The molecule has 0 aliphatic heterocycles. The van der Waals surface area contributed by atoms with E-state index in [4.69, 9.17) is 5.11 Å². The van der Waals surface area contributed by atoms with Crippen molar-refractivity contribution in [2.75, 3.05) is 0 Å². The van der Waals surface area contributed by atoms with Gasteiger partial charge in [0.1, 0.15) is 0 Å². The third-order valence-electron chi connectivity index (χ3n) is 3.57. The molecule has 1 unspecified atom stereocenters. The number of aliphatic carboxylic acids is 1. The van der Waals surface area contributed by atoms with Gasteiger partial charge in [-0.15, -0.1) is 0 Å². The van der Waals surface area contributed by atoms with Crippen LogP contribution in [0.2, 0.25) is 0 Å². The van der Waals surface area contributed by atoms with Gasteiger partial charge in [0, 0.05) is 0 Å². The average Bonchev–Trinajstić information content (AvgIpc) is 2.12. The van der Waals surface area contributed by atoms with Crippen LogP contribution in [0.25, 0.3) is 0 Å². The van der Waals surface area contributed by atoms with Crippen LogP contribution in [0.5, 0.6) is 0 Å².